The minimum Gasteiger partial charge on any atom is -0.388 e. The van der Waals surface area contributed by atoms with Gasteiger partial charge in [0.05, 0.1) is 5.71 Å². The van der Waals surface area contributed by atoms with Crippen LogP contribution < -0.4 is 5.73 Å². The van der Waals surface area contributed by atoms with E-state index in [0.717, 1.165) is 13.1 Å². The van der Waals surface area contributed by atoms with E-state index in [0.29, 0.717) is 12.3 Å². The lowest BCUT2D eigenvalue weighted by Gasteiger charge is -2.18. The summed E-state index contributed by atoms with van der Waals surface area (Å²) in [5.41, 5.74) is 5.95. The molecule has 6 heteroatoms. The molecule has 0 bridgehead atoms. The number of hydrogen-bond acceptors (Lipinski definition) is 4. The first kappa shape index (κ1) is 11.6. The highest BCUT2D eigenvalue weighted by Gasteiger charge is 2.22. The number of rotatable bonds is 2. The van der Waals surface area contributed by atoms with Gasteiger partial charge in [-0.15, -0.1) is 0 Å². The first-order valence-corrected chi connectivity index (χ1v) is 7.05. The van der Waals surface area contributed by atoms with E-state index in [-0.39, 0.29) is 5.03 Å². The minimum absolute atomic E-state index is 0.127. The van der Waals surface area contributed by atoms with Crippen molar-refractivity contribution in [1.82, 2.24) is 4.90 Å². The van der Waals surface area contributed by atoms with Crippen LogP contribution >= 0.6 is 0 Å². The first-order valence-electron chi connectivity index (χ1n) is 5.61. The van der Waals surface area contributed by atoms with E-state index >= 15 is 0 Å². The predicted molar refractivity (Wildman–Crippen MR) is 63.5 cm³/mol. The molecule has 0 aromatic carbocycles. The molecule has 0 saturated carbocycles. The van der Waals surface area contributed by atoms with Gasteiger partial charge >= 0.3 is 0 Å². The van der Waals surface area contributed by atoms with Gasteiger partial charge < -0.3 is 5.73 Å². The fraction of sp³-hybridized carbons (Fsp3) is 0.700. The zero-order valence-corrected chi connectivity index (χ0v) is 10.0. The summed E-state index contributed by atoms with van der Waals surface area (Å²) in [5.74, 6) is 0. The van der Waals surface area contributed by atoms with Crippen molar-refractivity contribution in [2.75, 3.05) is 19.6 Å². The maximum Gasteiger partial charge on any atom is 0.297 e. The van der Waals surface area contributed by atoms with Gasteiger partial charge in [-0.2, -0.15) is 12.8 Å². The summed E-state index contributed by atoms with van der Waals surface area (Å²) in [4.78, 5) is 2.25. The molecular formula is C10H17N3O2S. The molecule has 2 rings (SSSR count). The highest BCUT2D eigenvalue weighted by Crippen LogP contribution is 2.14. The largest absolute Gasteiger partial charge is 0.388 e. The summed E-state index contributed by atoms with van der Waals surface area (Å²) >= 11 is 0. The van der Waals surface area contributed by atoms with Crippen LogP contribution in [0.4, 0.5) is 0 Å². The Bertz CT molecular complexity index is 417. The summed E-state index contributed by atoms with van der Waals surface area (Å²) in [6.07, 6.45) is 6.36. The van der Waals surface area contributed by atoms with Crippen LogP contribution in [0.3, 0.4) is 0 Å². The van der Waals surface area contributed by atoms with Crippen LogP contribution in [0, 0.1) is 0 Å². The molecule has 90 valence electrons. The smallest absolute Gasteiger partial charge is 0.297 e. The van der Waals surface area contributed by atoms with Crippen LogP contribution in [0.15, 0.2) is 15.5 Å². The van der Waals surface area contributed by atoms with Crippen LogP contribution in [-0.2, 0) is 10.0 Å². The first-order chi connectivity index (χ1) is 7.58. The Morgan fingerprint density at radius 1 is 1.25 bits per heavy atom. The average Bonchev–Trinajstić information content (AvgIpc) is 2.44. The van der Waals surface area contributed by atoms with Crippen molar-refractivity contribution in [3.63, 3.8) is 0 Å². The van der Waals surface area contributed by atoms with Crippen LogP contribution in [0.5, 0.6) is 0 Å². The van der Waals surface area contributed by atoms with Crippen molar-refractivity contribution in [2.45, 2.75) is 25.7 Å². The van der Waals surface area contributed by atoms with Crippen molar-refractivity contribution >= 4 is 15.7 Å². The number of sulfonamides is 1. The minimum atomic E-state index is -3.53. The average molecular weight is 243 g/mol. The maximum atomic E-state index is 11.3. The van der Waals surface area contributed by atoms with Crippen molar-refractivity contribution in [3.8, 4) is 0 Å². The standard InChI is InChI=1S/C10H17N3O2S/c11-10-7-9(12-16(10,14)15)8-13-5-3-1-2-4-6-13/h7H,1-6,8,11H2. The van der Waals surface area contributed by atoms with Gasteiger partial charge in [0.25, 0.3) is 10.0 Å². The molecule has 1 saturated heterocycles. The molecule has 0 spiro atoms. The SMILES string of the molecule is NC1=CC(CN2CCCCCC2)=NS1(=O)=O. The van der Waals surface area contributed by atoms with Crippen LogP contribution in [-0.4, -0.2) is 38.7 Å². The van der Waals surface area contributed by atoms with Gasteiger partial charge in [-0.05, 0) is 32.0 Å². The zero-order valence-electron chi connectivity index (χ0n) is 9.22. The second-order valence-corrected chi connectivity index (χ2v) is 5.90. The van der Waals surface area contributed by atoms with Crippen LogP contribution in [0.1, 0.15) is 25.7 Å². The second-order valence-electron chi connectivity index (χ2n) is 4.29. The Morgan fingerprint density at radius 2 is 1.88 bits per heavy atom. The van der Waals surface area contributed by atoms with Gasteiger partial charge in [-0.1, -0.05) is 12.8 Å². The summed E-state index contributed by atoms with van der Waals surface area (Å²) in [6, 6.07) is 0. The highest BCUT2D eigenvalue weighted by atomic mass is 32.2. The van der Waals surface area contributed by atoms with Gasteiger partial charge in [-0.3, -0.25) is 4.90 Å². The third-order valence-electron chi connectivity index (χ3n) is 2.93. The Balaban J connectivity index is 2.01. The molecule has 0 unspecified atom stereocenters. The molecule has 0 radical (unpaired) electrons. The maximum absolute atomic E-state index is 11.3. The molecule has 0 amide bonds. The zero-order chi connectivity index (χ0) is 11.6. The third-order valence-corrected chi connectivity index (χ3v) is 4.12. The lowest BCUT2D eigenvalue weighted by molar-refractivity contribution is 0.325. The van der Waals surface area contributed by atoms with Gasteiger partial charge in [0, 0.05) is 6.54 Å². The van der Waals surface area contributed by atoms with Gasteiger partial charge in [0.15, 0.2) is 5.03 Å². The molecule has 0 aromatic rings. The van der Waals surface area contributed by atoms with E-state index < -0.39 is 10.0 Å². The van der Waals surface area contributed by atoms with E-state index in [2.05, 4.69) is 9.30 Å². The lowest BCUT2D eigenvalue weighted by Crippen LogP contribution is -2.29. The fourth-order valence-electron chi connectivity index (χ4n) is 2.07. The molecular weight excluding hydrogens is 226 g/mol. The van der Waals surface area contributed by atoms with Gasteiger partial charge in [0.1, 0.15) is 0 Å². The second kappa shape index (κ2) is 4.55. The summed E-state index contributed by atoms with van der Waals surface area (Å²) in [5, 5.41) is -0.127. The van der Waals surface area contributed by atoms with Gasteiger partial charge in [-0.25, -0.2) is 0 Å². The highest BCUT2D eigenvalue weighted by molar-refractivity contribution is 7.94. The predicted octanol–water partition coefficient (Wildman–Crippen LogP) is 0.447. The molecule has 2 N–H and O–H groups in total. The number of nitrogens with zero attached hydrogens (tertiary/aromatic N) is 2. The van der Waals surface area contributed by atoms with Crippen LogP contribution in [0.25, 0.3) is 0 Å². The Morgan fingerprint density at radius 3 is 2.38 bits per heavy atom. The molecule has 2 aliphatic rings. The molecule has 0 aromatic heterocycles. The van der Waals surface area contributed by atoms with Crippen LogP contribution in [0.2, 0.25) is 0 Å². The van der Waals surface area contributed by atoms with Crippen molar-refractivity contribution in [1.29, 1.82) is 0 Å². The monoisotopic (exact) mass is 243 g/mol. The van der Waals surface area contributed by atoms with E-state index in [1.165, 1.54) is 31.8 Å². The number of hydrogen-bond donors (Lipinski definition) is 1. The fourth-order valence-corrected chi connectivity index (χ4v) is 2.88. The summed E-state index contributed by atoms with van der Waals surface area (Å²) in [6.45, 7) is 2.64. The molecule has 0 aliphatic carbocycles. The van der Waals surface area contributed by atoms with Gasteiger partial charge in [0.2, 0.25) is 0 Å². The Kier molecular flexibility index (Phi) is 3.30. The topological polar surface area (TPSA) is 75.8 Å². The number of likely N-dealkylation sites (tertiary alicyclic amines) is 1. The molecule has 0 atom stereocenters. The van der Waals surface area contributed by atoms with Crippen molar-refractivity contribution < 1.29 is 8.42 Å². The quantitative estimate of drug-likeness (QED) is 0.764. The van der Waals surface area contributed by atoms with E-state index in [4.69, 9.17) is 5.73 Å². The van der Waals surface area contributed by atoms with E-state index in [9.17, 15) is 8.42 Å². The Labute approximate surface area is 96.1 Å². The Hall–Kier alpha value is -0.880. The number of nitrogens with two attached hydrogens (primary N) is 1. The van der Waals surface area contributed by atoms with Crippen molar-refractivity contribution in [3.05, 3.63) is 11.1 Å². The van der Waals surface area contributed by atoms with Crippen molar-refractivity contribution in [2.24, 2.45) is 10.1 Å². The molecule has 5 nitrogen and oxygen atoms in total. The van der Waals surface area contributed by atoms with E-state index in [1.807, 2.05) is 0 Å². The third kappa shape index (κ3) is 2.62. The summed E-state index contributed by atoms with van der Waals surface area (Å²) in [7, 11) is -3.53. The molecule has 2 aliphatic heterocycles. The molecule has 16 heavy (non-hydrogen) atoms. The molecule has 2 heterocycles. The van der Waals surface area contributed by atoms with E-state index in [1.54, 1.807) is 0 Å². The lowest BCUT2D eigenvalue weighted by atomic mass is 10.2. The normalized spacial score (nSPS) is 26.0. The summed E-state index contributed by atoms with van der Waals surface area (Å²) < 4.78 is 26.2. The molecule has 1 fully saturated rings.